The van der Waals surface area contributed by atoms with Gasteiger partial charge in [-0.15, -0.1) is 0 Å². The Morgan fingerprint density at radius 2 is 1.70 bits per heavy atom. The lowest BCUT2D eigenvalue weighted by Crippen LogP contribution is -2.42. The van der Waals surface area contributed by atoms with Crippen LogP contribution in [-0.2, 0) is 12.8 Å². The van der Waals surface area contributed by atoms with E-state index in [0.29, 0.717) is 22.4 Å². The number of rotatable bonds is 5. The van der Waals surface area contributed by atoms with Crippen LogP contribution >= 0.6 is 0 Å². The average molecular weight is 365 g/mol. The van der Waals surface area contributed by atoms with E-state index < -0.39 is 5.91 Å². The van der Waals surface area contributed by atoms with E-state index in [1.807, 2.05) is 56.9 Å². The summed E-state index contributed by atoms with van der Waals surface area (Å²) in [6.45, 7) is 8.01. The van der Waals surface area contributed by atoms with Crippen molar-refractivity contribution in [2.45, 2.75) is 59.0 Å². The van der Waals surface area contributed by atoms with Crippen LogP contribution in [0.2, 0.25) is 0 Å². The fraction of sp³-hybridized carbons (Fsp3) is 0.409. The number of carbonyl (C=O) groups is 2. The molecule has 0 aliphatic heterocycles. The molecule has 0 bridgehead atoms. The number of amides is 2. The summed E-state index contributed by atoms with van der Waals surface area (Å²) in [6.07, 6.45) is 2.83. The molecule has 1 aliphatic rings. The Kier molecular flexibility index (Phi) is 5.31. The number of nitrogens with two attached hydrogens (primary N) is 1. The molecule has 1 heterocycles. The van der Waals surface area contributed by atoms with Crippen molar-refractivity contribution >= 4 is 11.8 Å². The first-order valence-corrected chi connectivity index (χ1v) is 9.56. The molecule has 0 saturated carbocycles. The van der Waals surface area contributed by atoms with Gasteiger partial charge < -0.3 is 10.6 Å². The van der Waals surface area contributed by atoms with Gasteiger partial charge in [0, 0.05) is 28.9 Å². The largest absolute Gasteiger partial charge is 0.366 e. The van der Waals surface area contributed by atoms with Crippen LogP contribution in [0, 0.1) is 0 Å². The van der Waals surface area contributed by atoms with Gasteiger partial charge in [0.2, 0.25) is 0 Å². The molecule has 2 amide bonds. The van der Waals surface area contributed by atoms with Crippen molar-refractivity contribution in [1.82, 2.24) is 9.88 Å². The second kappa shape index (κ2) is 7.51. The van der Waals surface area contributed by atoms with E-state index in [9.17, 15) is 9.59 Å². The lowest BCUT2D eigenvalue weighted by atomic mass is 9.96. The summed E-state index contributed by atoms with van der Waals surface area (Å²) in [4.78, 5) is 32.0. The molecular formula is C22H27N3O2. The molecule has 3 rings (SSSR count). The number of aryl methyl sites for hydroxylation is 2. The number of fused-ring (bicyclic) bond motifs is 1. The number of pyridine rings is 1. The standard InChI is InChI=1S/C22H27N3O2/c1-13(2)25(14(3)4)22(27)17-10-6-5-9-16(17)20-18(21(23)26)12-15-8-7-11-19(15)24-20/h5-6,9-10,12-14H,7-8,11H2,1-4H3,(H2,23,26). The molecular weight excluding hydrogens is 338 g/mol. The Labute approximate surface area is 160 Å². The first-order chi connectivity index (χ1) is 12.8. The van der Waals surface area contributed by atoms with Crippen LogP contribution in [-0.4, -0.2) is 33.8 Å². The molecule has 1 aromatic heterocycles. The maximum Gasteiger partial charge on any atom is 0.255 e. The summed E-state index contributed by atoms with van der Waals surface area (Å²) in [5.41, 5.74) is 9.85. The Balaban J connectivity index is 2.18. The Morgan fingerprint density at radius 3 is 2.33 bits per heavy atom. The molecule has 0 saturated heterocycles. The Bertz CT molecular complexity index is 879. The summed E-state index contributed by atoms with van der Waals surface area (Å²) < 4.78 is 0. The molecule has 2 aromatic rings. The zero-order chi connectivity index (χ0) is 19.7. The minimum absolute atomic E-state index is 0.0617. The van der Waals surface area contributed by atoms with Gasteiger partial charge in [-0.3, -0.25) is 14.6 Å². The molecule has 0 radical (unpaired) electrons. The molecule has 27 heavy (non-hydrogen) atoms. The van der Waals surface area contributed by atoms with E-state index in [0.717, 1.165) is 30.5 Å². The van der Waals surface area contributed by atoms with Crippen molar-refractivity contribution in [1.29, 1.82) is 0 Å². The highest BCUT2D eigenvalue weighted by Crippen LogP contribution is 2.31. The number of aromatic nitrogens is 1. The zero-order valence-electron chi connectivity index (χ0n) is 16.5. The Morgan fingerprint density at radius 1 is 1.04 bits per heavy atom. The van der Waals surface area contributed by atoms with E-state index in [4.69, 9.17) is 10.7 Å². The summed E-state index contributed by atoms with van der Waals surface area (Å²) >= 11 is 0. The van der Waals surface area contributed by atoms with Crippen LogP contribution in [0.15, 0.2) is 30.3 Å². The van der Waals surface area contributed by atoms with Crippen molar-refractivity contribution in [2.24, 2.45) is 5.73 Å². The fourth-order valence-electron chi connectivity index (χ4n) is 3.95. The predicted molar refractivity (Wildman–Crippen MR) is 107 cm³/mol. The zero-order valence-corrected chi connectivity index (χ0v) is 16.5. The van der Waals surface area contributed by atoms with Crippen molar-refractivity contribution in [3.8, 4) is 11.3 Å². The third-order valence-electron chi connectivity index (χ3n) is 5.08. The van der Waals surface area contributed by atoms with E-state index in [1.54, 1.807) is 6.07 Å². The van der Waals surface area contributed by atoms with E-state index in [1.165, 1.54) is 0 Å². The van der Waals surface area contributed by atoms with Crippen molar-refractivity contribution in [3.05, 3.63) is 52.7 Å². The van der Waals surface area contributed by atoms with Crippen molar-refractivity contribution in [2.75, 3.05) is 0 Å². The first kappa shape index (κ1) is 19.1. The minimum atomic E-state index is -0.515. The monoisotopic (exact) mass is 365 g/mol. The van der Waals surface area contributed by atoms with E-state index in [-0.39, 0.29) is 18.0 Å². The summed E-state index contributed by atoms with van der Waals surface area (Å²) in [6, 6.07) is 9.34. The highest BCUT2D eigenvalue weighted by molar-refractivity contribution is 6.05. The molecule has 2 N–H and O–H groups in total. The second-order valence-corrected chi connectivity index (χ2v) is 7.65. The highest BCUT2D eigenvalue weighted by Gasteiger charge is 2.27. The van der Waals surface area contributed by atoms with Crippen LogP contribution in [0.3, 0.4) is 0 Å². The third-order valence-corrected chi connectivity index (χ3v) is 5.08. The van der Waals surface area contributed by atoms with E-state index >= 15 is 0 Å². The Hall–Kier alpha value is -2.69. The van der Waals surface area contributed by atoms with Crippen LogP contribution in [0.5, 0.6) is 0 Å². The molecule has 1 aliphatic carbocycles. The maximum atomic E-state index is 13.3. The van der Waals surface area contributed by atoms with Gasteiger partial charge in [-0.05, 0) is 64.7 Å². The highest BCUT2D eigenvalue weighted by atomic mass is 16.2. The summed E-state index contributed by atoms with van der Waals surface area (Å²) in [7, 11) is 0. The summed E-state index contributed by atoms with van der Waals surface area (Å²) in [5, 5.41) is 0. The lowest BCUT2D eigenvalue weighted by Gasteiger charge is -2.31. The fourth-order valence-corrected chi connectivity index (χ4v) is 3.95. The van der Waals surface area contributed by atoms with Gasteiger partial charge in [-0.25, -0.2) is 0 Å². The molecule has 0 unspecified atom stereocenters. The maximum absolute atomic E-state index is 13.3. The molecule has 0 atom stereocenters. The molecule has 5 nitrogen and oxygen atoms in total. The SMILES string of the molecule is CC(C)N(C(=O)c1ccccc1-c1nc2c(cc1C(N)=O)CCC2)C(C)C. The van der Waals surface area contributed by atoms with Gasteiger partial charge in [0.1, 0.15) is 0 Å². The summed E-state index contributed by atoms with van der Waals surface area (Å²) in [5.74, 6) is -0.577. The molecule has 142 valence electrons. The van der Waals surface area contributed by atoms with Crippen molar-refractivity contribution in [3.63, 3.8) is 0 Å². The molecule has 5 heteroatoms. The smallest absolute Gasteiger partial charge is 0.255 e. The van der Waals surface area contributed by atoms with Gasteiger partial charge in [-0.1, -0.05) is 18.2 Å². The number of hydrogen-bond acceptors (Lipinski definition) is 3. The molecule has 0 fully saturated rings. The van der Waals surface area contributed by atoms with Crippen LogP contribution in [0.4, 0.5) is 0 Å². The van der Waals surface area contributed by atoms with Crippen molar-refractivity contribution < 1.29 is 9.59 Å². The average Bonchev–Trinajstić information content (AvgIpc) is 3.07. The van der Waals surface area contributed by atoms with E-state index in [2.05, 4.69) is 0 Å². The van der Waals surface area contributed by atoms with Gasteiger partial charge >= 0.3 is 0 Å². The third kappa shape index (κ3) is 3.59. The van der Waals surface area contributed by atoms with Gasteiger partial charge in [0.25, 0.3) is 11.8 Å². The minimum Gasteiger partial charge on any atom is -0.366 e. The normalized spacial score (nSPS) is 13.1. The van der Waals surface area contributed by atoms with Crippen LogP contribution < -0.4 is 5.73 Å². The number of primary amides is 1. The first-order valence-electron chi connectivity index (χ1n) is 9.56. The predicted octanol–water partition coefficient (Wildman–Crippen LogP) is 3.60. The number of hydrogen-bond donors (Lipinski definition) is 1. The lowest BCUT2D eigenvalue weighted by molar-refractivity contribution is 0.0644. The second-order valence-electron chi connectivity index (χ2n) is 7.65. The van der Waals surface area contributed by atoms with Gasteiger partial charge in [-0.2, -0.15) is 0 Å². The van der Waals surface area contributed by atoms with Crippen LogP contribution in [0.25, 0.3) is 11.3 Å². The van der Waals surface area contributed by atoms with Gasteiger partial charge in [0.15, 0.2) is 0 Å². The number of nitrogens with zero attached hydrogens (tertiary/aromatic N) is 2. The van der Waals surface area contributed by atoms with Crippen LogP contribution in [0.1, 0.15) is 66.1 Å². The molecule has 0 spiro atoms. The topological polar surface area (TPSA) is 76.3 Å². The van der Waals surface area contributed by atoms with Gasteiger partial charge in [0.05, 0.1) is 11.3 Å². The number of benzene rings is 1. The quantitative estimate of drug-likeness (QED) is 0.879. The number of carbonyl (C=O) groups excluding carboxylic acids is 2. The molecule has 1 aromatic carbocycles.